The molecule has 0 aromatic rings. The van der Waals surface area contributed by atoms with Gasteiger partial charge in [0, 0.05) is 26.3 Å². The number of unbranched alkanes of at least 4 members (excludes halogenated alkanes) is 2. The normalized spacial score (nSPS) is 15.5. The first kappa shape index (κ1) is 25.4. The number of likely N-dealkylation sites (N-methyl/N-ethyl adjacent to an activating group) is 1. The topological polar surface area (TPSA) is 87.2 Å². The Balaban J connectivity index is 2.13. The molecular formula is C22H40N2O5. The molecule has 0 radical (unpaired) electrons. The predicted octanol–water partition coefficient (Wildman–Crippen LogP) is 4.15. The minimum Gasteiger partial charge on any atom is -0.481 e. The Morgan fingerprint density at radius 1 is 1.00 bits per heavy atom. The quantitative estimate of drug-likeness (QED) is 0.322. The van der Waals surface area contributed by atoms with Gasteiger partial charge in [-0.2, -0.15) is 0 Å². The van der Waals surface area contributed by atoms with Crippen molar-refractivity contribution < 1.29 is 24.2 Å². The van der Waals surface area contributed by atoms with E-state index < -0.39 is 5.97 Å². The Kier molecular flexibility index (Phi) is 10.1. The number of amides is 3. The molecule has 7 nitrogen and oxygen atoms in total. The van der Waals surface area contributed by atoms with E-state index in [0.29, 0.717) is 26.3 Å². The molecule has 7 heteroatoms. The summed E-state index contributed by atoms with van der Waals surface area (Å²) in [5.41, 5.74) is -0.269. The van der Waals surface area contributed by atoms with E-state index in [1.165, 1.54) is 4.90 Å². The number of nitrogens with zero attached hydrogens (tertiary/aromatic N) is 2. The van der Waals surface area contributed by atoms with Gasteiger partial charge in [0.25, 0.3) is 0 Å². The van der Waals surface area contributed by atoms with Crippen LogP contribution in [0.5, 0.6) is 0 Å². The van der Waals surface area contributed by atoms with Gasteiger partial charge in [-0.15, -0.1) is 0 Å². The van der Waals surface area contributed by atoms with Crippen molar-refractivity contribution in [1.82, 2.24) is 9.80 Å². The van der Waals surface area contributed by atoms with Crippen LogP contribution >= 0.6 is 0 Å². The van der Waals surface area contributed by atoms with Gasteiger partial charge in [0.2, 0.25) is 5.91 Å². The number of imide groups is 1. The van der Waals surface area contributed by atoms with Gasteiger partial charge in [0.15, 0.2) is 0 Å². The van der Waals surface area contributed by atoms with Gasteiger partial charge in [-0.05, 0) is 43.4 Å². The monoisotopic (exact) mass is 412 g/mol. The smallest absolute Gasteiger partial charge is 0.327 e. The number of aliphatic carboxylic acids is 1. The Morgan fingerprint density at radius 2 is 1.55 bits per heavy atom. The number of rotatable bonds is 15. The van der Waals surface area contributed by atoms with Gasteiger partial charge < -0.3 is 14.7 Å². The maximum Gasteiger partial charge on any atom is 0.327 e. The summed E-state index contributed by atoms with van der Waals surface area (Å²) in [4.78, 5) is 38.1. The number of carboxylic acids is 1. The average molecular weight is 413 g/mol. The molecule has 1 heterocycles. The predicted molar refractivity (Wildman–Crippen MR) is 113 cm³/mol. The lowest BCUT2D eigenvalue weighted by molar-refractivity contribution is -0.139. The van der Waals surface area contributed by atoms with E-state index >= 15 is 0 Å². The highest BCUT2D eigenvalue weighted by Crippen LogP contribution is 2.28. The molecule has 0 atom stereocenters. The third-order valence-corrected chi connectivity index (χ3v) is 5.51. The fraction of sp³-hybridized carbons (Fsp3) is 0.864. The third kappa shape index (κ3) is 9.61. The lowest BCUT2D eigenvalue weighted by atomic mass is 9.84. The van der Waals surface area contributed by atoms with Crippen LogP contribution in [0.3, 0.4) is 0 Å². The summed E-state index contributed by atoms with van der Waals surface area (Å²) in [7, 11) is 0. The molecule has 3 amide bonds. The van der Waals surface area contributed by atoms with E-state index in [1.54, 1.807) is 4.90 Å². The highest BCUT2D eigenvalue weighted by Gasteiger charge is 2.37. The molecule has 1 aliphatic rings. The van der Waals surface area contributed by atoms with Crippen LogP contribution in [0.15, 0.2) is 0 Å². The number of ether oxygens (including phenoxy) is 1. The Labute approximate surface area is 175 Å². The zero-order valence-electron chi connectivity index (χ0n) is 19.0. The minimum atomic E-state index is -0.740. The summed E-state index contributed by atoms with van der Waals surface area (Å²) in [6.45, 7) is 12.7. The largest absolute Gasteiger partial charge is 0.481 e. The molecular weight excluding hydrogens is 372 g/mol. The number of carbonyl (C=O) groups excluding carboxylic acids is 2. The third-order valence-electron chi connectivity index (χ3n) is 5.51. The van der Waals surface area contributed by atoms with Crippen molar-refractivity contribution in [2.24, 2.45) is 10.8 Å². The first-order valence-electron chi connectivity index (χ1n) is 10.9. The molecule has 168 valence electrons. The van der Waals surface area contributed by atoms with Crippen LogP contribution < -0.4 is 0 Å². The van der Waals surface area contributed by atoms with Gasteiger partial charge >= 0.3 is 12.0 Å². The van der Waals surface area contributed by atoms with Gasteiger partial charge in [0.05, 0.1) is 6.42 Å². The first-order chi connectivity index (χ1) is 13.5. The first-order valence-corrected chi connectivity index (χ1v) is 10.9. The van der Waals surface area contributed by atoms with Crippen LogP contribution in [0, 0.1) is 10.8 Å². The maximum atomic E-state index is 12.2. The van der Waals surface area contributed by atoms with Crippen molar-refractivity contribution in [2.75, 3.05) is 32.8 Å². The van der Waals surface area contributed by atoms with Crippen molar-refractivity contribution in [3.8, 4) is 0 Å². The van der Waals surface area contributed by atoms with Crippen LogP contribution in [-0.2, 0) is 14.3 Å². The van der Waals surface area contributed by atoms with Crippen LogP contribution in [0.25, 0.3) is 0 Å². The zero-order valence-corrected chi connectivity index (χ0v) is 19.0. The second kappa shape index (κ2) is 11.5. The zero-order chi connectivity index (χ0) is 22.1. The molecule has 29 heavy (non-hydrogen) atoms. The Morgan fingerprint density at radius 3 is 2.03 bits per heavy atom. The van der Waals surface area contributed by atoms with E-state index in [0.717, 1.165) is 38.5 Å². The molecule has 1 fully saturated rings. The average Bonchev–Trinajstić information content (AvgIpc) is 2.86. The lowest BCUT2D eigenvalue weighted by Gasteiger charge is -2.29. The van der Waals surface area contributed by atoms with E-state index in [2.05, 4.69) is 13.8 Å². The van der Waals surface area contributed by atoms with Crippen molar-refractivity contribution in [2.45, 2.75) is 79.6 Å². The van der Waals surface area contributed by atoms with Gasteiger partial charge in [-0.25, -0.2) is 4.79 Å². The van der Waals surface area contributed by atoms with Crippen LogP contribution in [0.4, 0.5) is 4.79 Å². The molecule has 0 spiro atoms. The summed E-state index contributed by atoms with van der Waals surface area (Å²) >= 11 is 0. The van der Waals surface area contributed by atoms with Crippen LogP contribution in [0.2, 0.25) is 0 Å². The van der Waals surface area contributed by atoms with Crippen LogP contribution in [0.1, 0.15) is 79.6 Å². The van der Waals surface area contributed by atoms with E-state index in [9.17, 15) is 14.4 Å². The van der Waals surface area contributed by atoms with Crippen molar-refractivity contribution in [3.05, 3.63) is 0 Å². The summed E-state index contributed by atoms with van der Waals surface area (Å²) in [5, 5.41) is 8.90. The molecule has 1 aliphatic heterocycles. The summed E-state index contributed by atoms with van der Waals surface area (Å²) in [6.07, 6.45) is 5.89. The van der Waals surface area contributed by atoms with Gasteiger partial charge in [-0.1, -0.05) is 40.5 Å². The number of hydrogen-bond acceptors (Lipinski definition) is 4. The van der Waals surface area contributed by atoms with Crippen molar-refractivity contribution in [3.63, 3.8) is 0 Å². The molecule has 0 unspecified atom stereocenters. The van der Waals surface area contributed by atoms with E-state index in [-0.39, 0.29) is 35.7 Å². The lowest BCUT2D eigenvalue weighted by Crippen LogP contribution is -2.39. The highest BCUT2D eigenvalue weighted by atomic mass is 16.5. The number of carboxylic acid groups (broad SMARTS) is 1. The number of hydrogen-bond donors (Lipinski definition) is 1. The second-order valence-corrected chi connectivity index (χ2v) is 9.70. The Hall–Kier alpha value is -1.63. The molecule has 0 saturated carbocycles. The summed E-state index contributed by atoms with van der Waals surface area (Å²) in [6, 6.07) is -0.166. The van der Waals surface area contributed by atoms with E-state index in [4.69, 9.17) is 9.84 Å². The number of urea groups is 1. The highest BCUT2D eigenvalue weighted by molar-refractivity contribution is 6.02. The standard InChI is InChI=1S/C22H40N2O5/c1-6-23-16-18(25)24(20(23)28)17-22(4,5)12-8-10-14-29-13-9-7-11-21(2,3)15-19(26)27/h6-17H2,1-5H3,(H,26,27). The van der Waals surface area contributed by atoms with Crippen molar-refractivity contribution >= 4 is 17.9 Å². The van der Waals surface area contributed by atoms with Gasteiger partial charge in [0.1, 0.15) is 6.54 Å². The minimum absolute atomic E-state index is 0.0974. The van der Waals surface area contributed by atoms with E-state index in [1.807, 2.05) is 20.8 Å². The fourth-order valence-electron chi connectivity index (χ4n) is 3.72. The molecule has 1 rings (SSSR count). The fourth-order valence-corrected chi connectivity index (χ4v) is 3.72. The summed E-state index contributed by atoms with van der Waals surface area (Å²) in [5.74, 6) is -0.838. The second-order valence-electron chi connectivity index (χ2n) is 9.70. The summed E-state index contributed by atoms with van der Waals surface area (Å²) < 4.78 is 5.70. The molecule has 0 aromatic carbocycles. The molecule has 0 aromatic heterocycles. The van der Waals surface area contributed by atoms with Gasteiger partial charge in [-0.3, -0.25) is 14.5 Å². The molecule has 1 saturated heterocycles. The number of carbonyl (C=O) groups is 3. The SMILES string of the molecule is CCN1CC(=O)N(CC(C)(C)CCCCOCCCCC(C)(C)CC(=O)O)C1=O. The molecule has 0 aliphatic carbocycles. The molecule has 0 bridgehead atoms. The van der Waals surface area contributed by atoms with Crippen molar-refractivity contribution in [1.29, 1.82) is 0 Å². The van der Waals surface area contributed by atoms with Crippen LogP contribution in [-0.4, -0.2) is 65.7 Å². The maximum absolute atomic E-state index is 12.2. The Bertz CT molecular complexity index is 559. The molecule has 1 N–H and O–H groups in total.